The summed E-state index contributed by atoms with van der Waals surface area (Å²) in [7, 11) is 8.35. The summed E-state index contributed by atoms with van der Waals surface area (Å²) < 4.78 is 0. The zero-order chi connectivity index (χ0) is 13.5. The van der Waals surface area contributed by atoms with Crippen molar-refractivity contribution in [1.29, 1.82) is 0 Å². The predicted molar refractivity (Wildman–Crippen MR) is 80.7 cm³/mol. The van der Waals surface area contributed by atoms with Crippen molar-refractivity contribution in [2.75, 3.05) is 46.2 Å². The van der Waals surface area contributed by atoms with Crippen LogP contribution in [0.2, 0.25) is 0 Å². The molecular formula is C13H26N4S. The molecule has 104 valence electrons. The van der Waals surface area contributed by atoms with Crippen molar-refractivity contribution in [1.82, 2.24) is 15.2 Å². The minimum Gasteiger partial charge on any atom is -0.351 e. The Morgan fingerprint density at radius 1 is 1.22 bits per heavy atom. The van der Waals surface area contributed by atoms with E-state index in [9.17, 15) is 0 Å². The predicted octanol–water partition coefficient (Wildman–Crippen LogP) is 1.81. The number of aryl methyl sites for hydroxylation is 1. The van der Waals surface area contributed by atoms with Crippen molar-refractivity contribution in [3.8, 4) is 0 Å². The van der Waals surface area contributed by atoms with E-state index in [1.165, 1.54) is 17.0 Å². The molecule has 0 aliphatic carbocycles. The molecule has 0 unspecified atom stereocenters. The van der Waals surface area contributed by atoms with Gasteiger partial charge in [0.25, 0.3) is 0 Å². The molecule has 0 aromatic carbocycles. The molecule has 0 fully saturated rings. The lowest BCUT2D eigenvalue weighted by Gasteiger charge is -2.17. The van der Waals surface area contributed by atoms with E-state index in [2.05, 4.69) is 43.2 Å². The summed E-state index contributed by atoms with van der Waals surface area (Å²) in [5, 5.41) is 4.36. The topological polar surface area (TPSA) is 31.4 Å². The van der Waals surface area contributed by atoms with Gasteiger partial charge in [-0.1, -0.05) is 6.92 Å². The molecule has 1 rings (SSSR count). The fourth-order valence-electron chi connectivity index (χ4n) is 1.83. The SMILES string of the molecule is CCc1nc(N(C)CCCN(C)C)sc1CNC. The van der Waals surface area contributed by atoms with Gasteiger partial charge in [-0.2, -0.15) is 0 Å². The van der Waals surface area contributed by atoms with Crippen LogP contribution >= 0.6 is 11.3 Å². The van der Waals surface area contributed by atoms with Gasteiger partial charge in [0, 0.05) is 25.0 Å². The molecule has 1 N–H and O–H groups in total. The first kappa shape index (κ1) is 15.4. The molecule has 4 nitrogen and oxygen atoms in total. The first-order valence-electron chi connectivity index (χ1n) is 6.57. The van der Waals surface area contributed by atoms with Crippen LogP contribution < -0.4 is 10.2 Å². The first-order chi connectivity index (χ1) is 8.58. The summed E-state index contributed by atoms with van der Waals surface area (Å²) >= 11 is 1.81. The molecule has 18 heavy (non-hydrogen) atoms. The molecule has 0 aliphatic heterocycles. The lowest BCUT2D eigenvalue weighted by Crippen LogP contribution is -2.23. The molecule has 0 aliphatic rings. The Labute approximate surface area is 115 Å². The summed E-state index contributed by atoms with van der Waals surface area (Å²) in [5.74, 6) is 0. The van der Waals surface area contributed by atoms with E-state index in [1.807, 2.05) is 18.4 Å². The van der Waals surface area contributed by atoms with Crippen LogP contribution in [-0.4, -0.2) is 51.2 Å². The van der Waals surface area contributed by atoms with Crippen LogP contribution in [0.4, 0.5) is 5.13 Å². The van der Waals surface area contributed by atoms with Gasteiger partial charge >= 0.3 is 0 Å². The van der Waals surface area contributed by atoms with Crippen molar-refractivity contribution in [3.63, 3.8) is 0 Å². The fraction of sp³-hybridized carbons (Fsp3) is 0.769. The van der Waals surface area contributed by atoms with E-state index in [1.54, 1.807) is 0 Å². The molecular weight excluding hydrogens is 244 g/mol. The Morgan fingerprint density at radius 3 is 2.50 bits per heavy atom. The van der Waals surface area contributed by atoms with Crippen LogP contribution in [-0.2, 0) is 13.0 Å². The molecule has 0 atom stereocenters. The molecule has 0 saturated heterocycles. The van der Waals surface area contributed by atoms with E-state index < -0.39 is 0 Å². The Morgan fingerprint density at radius 2 is 1.94 bits per heavy atom. The monoisotopic (exact) mass is 270 g/mol. The first-order valence-corrected chi connectivity index (χ1v) is 7.39. The fourth-order valence-corrected chi connectivity index (χ4v) is 2.98. The van der Waals surface area contributed by atoms with Gasteiger partial charge in [0.05, 0.1) is 5.69 Å². The zero-order valence-corrected chi connectivity index (χ0v) is 13.1. The third-order valence-electron chi connectivity index (χ3n) is 2.86. The van der Waals surface area contributed by atoms with Gasteiger partial charge in [-0.05, 0) is 40.5 Å². The molecule has 1 aromatic heterocycles. The quantitative estimate of drug-likeness (QED) is 0.781. The van der Waals surface area contributed by atoms with Crippen molar-refractivity contribution in [2.24, 2.45) is 0 Å². The van der Waals surface area contributed by atoms with Gasteiger partial charge in [0.1, 0.15) is 0 Å². The van der Waals surface area contributed by atoms with Crippen LogP contribution in [0.3, 0.4) is 0 Å². The number of anilines is 1. The number of aromatic nitrogens is 1. The van der Waals surface area contributed by atoms with E-state index in [-0.39, 0.29) is 0 Å². The maximum Gasteiger partial charge on any atom is 0.185 e. The number of thiazole rings is 1. The number of rotatable bonds is 8. The molecule has 5 heteroatoms. The van der Waals surface area contributed by atoms with Gasteiger partial charge < -0.3 is 15.1 Å². The maximum atomic E-state index is 4.74. The van der Waals surface area contributed by atoms with Crippen molar-refractivity contribution in [2.45, 2.75) is 26.3 Å². The van der Waals surface area contributed by atoms with Crippen LogP contribution in [0.5, 0.6) is 0 Å². The maximum absolute atomic E-state index is 4.74. The van der Waals surface area contributed by atoms with Gasteiger partial charge in [0.15, 0.2) is 5.13 Å². The molecule has 0 spiro atoms. The van der Waals surface area contributed by atoms with Gasteiger partial charge in [0.2, 0.25) is 0 Å². The molecule has 0 radical (unpaired) electrons. The van der Waals surface area contributed by atoms with Gasteiger partial charge in [-0.3, -0.25) is 0 Å². The average molecular weight is 270 g/mol. The average Bonchev–Trinajstić information content (AvgIpc) is 2.72. The molecule has 0 saturated carbocycles. The summed E-state index contributed by atoms with van der Waals surface area (Å²) in [4.78, 5) is 10.6. The summed E-state index contributed by atoms with van der Waals surface area (Å²) in [6.07, 6.45) is 2.19. The summed E-state index contributed by atoms with van der Waals surface area (Å²) in [5.41, 5.74) is 1.24. The van der Waals surface area contributed by atoms with Crippen molar-refractivity contribution in [3.05, 3.63) is 10.6 Å². The summed E-state index contributed by atoms with van der Waals surface area (Å²) in [6.45, 7) is 5.28. The highest BCUT2D eigenvalue weighted by molar-refractivity contribution is 7.15. The van der Waals surface area contributed by atoms with Crippen molar-refractivity contribution < 1.29 is 0 Å². The van der Waals surface area contributed by atoms with Crippen LogP contribution in [0.25, 0.3) is 0 Å². The number of nitrogens with zero attached hydrogens (tertiary/aromatic N) is 3. The second kappa shape index (κ2) is 7.71. The highest BCUT2D eigenvalue weighted by atomic mass is 32.1. The van der Waals surface area contributed by atoms with E-state index in [4.69, 9.17) is 4.98 Å². The zero-order valence-electron chi connectivity index (χ0n) is 12.3. The van der Waals surface area contributed by atoms with Crippen LogP contribution in [0, 0.1) is 0 Å². The largest absolute Gasteiger partial charge is 0.351 e. The van der Waals surface area contributed by atoms with Crippen LogP contribution in [0.1, 0.15) is 23.9 Å². The van der Waals surface area contributed by atoms with E-state index in [0.717, 1.165) is 31.2 Å². The number of hydrogen-bond donors (Lipinski definition) is 1. The Bertz CT molecular complexity index is 349. The molecule has 1 heterocycles. The number of nitrogens with one attached hydrogen (secondary N) is 1. The highest BCUT2D eigenvalue weighted by Gasteiger charge is 2.12. The third kappa shape index (κ3) is 4.55. The second-order valence-electron chi connectivity index (χ2n) is 4.83. The normalized spacial score (nSPS) is 11.2. The van der Waals surface area contributed by atoms with E-state index >= 15 is 0 Å². The lowest BCUT2D eigenvalue weighted by molar-refractivity contribution is 0.401. The Balaban J connectivity index is 2.59. The number of hydrogen-bond acceptors (Lipinski definition) is 5. The standard InChI is InChI=1S/C13H26N4S/c1-6-11-12(10-14-2)18-13(15-11)17(5)9-7-8-16(3)4/h14H,6-10H2,1-5H3. The molecule has 0 bridgehead atoms. The summed E-state index contributed by atoms with van der Waals surface area (Å²) in [6, 6.07) is 0. The minimum absolute atomic E-state index is 0.923. The van der Waals surface area contributed by atoms with Crippen molar-refractivity contribution >= 4 is 16.5 Å². The van der Waals surface area contributed by atoms with Gasteiger partial charge in [-0.25, -0.2) is 4.98 Å². The highest BCUT2D eigenvalue weighted by Crippen LogP contribution is 2.26. The Kier molecular flexibility index (Phi) is 6.60. The minimum atomic E-state index is 0.923. The smallest absolute Gasteiger partial charge is 0.185 e. The lowest BCUT2D eigenvalue weighted by atomic mass is 10.3. The van der Waals surface area contributed by atoms with Gasteiger partial charge in [-0.15, -0.1) is 11.3 Å². The van der Waals surface area contributed by atoms with E-state index in [0.29, 0.717) is 0 Å². The molecule has 1 aromatic rings. The Hall–Kier alpha value is -0.650. The third-order valence-corrected chi connectivity index (χ3v) is 4.08. The second-order valence-corrected chi connectivity index (χ2v) is 5.89. The molecule has 0 amide bonds. The van der Waals surface area contributed by atoms with Crippen LogP contribution in [0.15, 0.2) is 0 Å².